The number of piperidine rings is 1. The van der Waals surface area contributed by atoms with Crippen molar-refractivity contribution in [2.45, 2.75) is 19.8 Å². The van der Waals surface area contributed by atoms with Gasteiger partial charge in [0, 0.05) is 29.8 Å². The van der Waals surface area contributed by atoms with Crippen molar-refractivity contribution in [2.75, 3.05) is 31.1 Å². The summed E-state index contributed by atoms with van der Waals surface area (Å²) in [6.07, 6.45) is 3.94. The number of rotatable bonds is 5. The third-order valence-corrected chi connectivity index (χ3v) is 4.00. The minimum Gasteiger partial charge on any atom is -0.351 e. The smallest absolute Gasteiger partial charge is 0.312 e. The predicted molar refractivity (Wildman–Crippen MR) is 82.1 cm³/mol. The van der Waals surface area contributed by atoms with Gasteiger partial charge in [-0.25, -0.2) is 4.98 Å². The maximum Gasteiger partial charge on any atom is 0.312 e. The normalized spacial score (nSPS) is 18.8. The molecule has 2 rings (SSSR count). The van der Waals surface area contributed by atoms with Gasteiger partial charge in [0.15, 0.2) is 0 Å². The van der Waals surface area contributed by atoms with Crippen LogP contribution in [0.4, 0.5) is 11.5 Å². The summed E-state index contributed by atoms with van der Waals surface area (Å²) in [5.74, 6) is 0.986. The number of halogens is 1. The van der Waals surface area contributed by atoms with Crippen LogP contribution in [0.2, 0.25) is 0 Å². The quantitative estimate of drug-likeness (QED) is 0.657. The van der Waals surface area contributed by atoms with Gasteiger partial charge in [-0.15, -0.1) is 0 Å². The van der Waals surface area contributed by atoms with Crippen LogP contribution in [0.1, 0.15) is 19.8 Å². The molecule has 1 aliphatic heterocycles. The fourth-order valence-electron chi connectivity index (χ4n) is 2.56. The van der Waals surface area contributed by atoms with Crippen molar-refractivity contribution in [3.63, 3.8) is 0 Å². The van der Waals surface area contributed by atoms with E-state index in [9.17, 15) is 10.1 Å². The summed E-state index contributed by atoms with van der Waals surface area (Å²) in [6.45, 7) is 5.56. The molecule has 0 bridgehead atoms. The Morgan fingerprint density at radius 3 is 3.05 bits per heavy atom. The number of pyridine rings is 1. The minimum atomic E-state index is -0.366. The highest BCUT2D eigenvalue weighted by atomic mass is 79.9. The Labute approximate surface area is 126 Å². The van der Waals surface area contributed by atoms with Crippen molar-refractivity contribution in [1.29, 1.82) is 0 Å². The molecule has 1 fully saturated rings. The first-order chi connectivity index (χ1) is 9.61. The maximum atomic E-state index is 11.2. The number of aromatic nitrogens is 1. The van der Waals surface area contributed by atoms with Gasteiger partial charge in [0.2, 0.25) is 5.82 Å². The Kier molecular flexibility index (Phi) is 5.31. The molecular weight excluding hydrogens is 324 g/mol. The first-order valence-electron chi connectivity index (χ1n) is 6.87. The van der Waals surface area contributed by atoms with Gasteiger partial charge in [-0.05, 0) is 54.7 Å². The number of nitrogens with one attached hydrogen (secondary N) is 1. The lowest BCUT2D eigenvalue weighted by molar-refractivity contribution is -0.384. The highest BCUT2D eigenvalue weighted by Crippen LogP contribution is 2.29. The number of nitro groups is 1. The van der Waals surface area contributed by atoms with E-state index in [4.69, 9.17) is 0 Å². The average Bonchev–Trinajstić information content (AvgIpc) is 2.46. The van der Waals surface area contributed by atoms with Crippen LogP contribution in [0.15, 0.2) is 16.7 Å². The van der Waals surface area contributed by atoms with E-state index in [1.165, 1.54) is 6.07 Å². The highest BCUT2D eigenvalue weighted by molar-refractivity contribution is 9.10. The molecule has 0 radical (unpaired) electrons. The zero-order chi connectivity index (χ0) is 14.5. The van der Waals surface area contributed by atoms with Crippen LogP contribution in [0.5, 0.6) is 0 Å². The summed E-state index contributed by atoms with van der Waals surface area (Å²) in [5.41, 5.74) is 0.0602. The molecule has 1 aliphatic rings. The standard InChI is InChI=1S/C13H19BrN4O2/c1-2-17(9-10-4-3-5-15-7-10)13-12(18(19)20)6-11(14)8-16-13/h6,8,10,15H,2-5,7,9H2,1H3. The summed E-state index contributed by atoms with van der Waals surface area (Å²) >= 11 is 3.24. The summed E-state index contributed by atoms with van der Waals surface area (Å²) in [4.78, 5) is 17.1. The largest absolute Gasteiger partial charge is 0.351 e. The second kappa shape index (κ2) is 6.99. The van der Waals surface area contributed by atoms with Crippen molar-refractivity contribution in [3.8, 4) is 0 Å². The highest BCUT2D eigenvalue weighted by Gasteiger charge is 2.24. The number of hydrogen-bond acceptors (Lipinski definition) is 5. The molecule has 1 N–H and O–H groups in total. The lowest BCUT2D eigenvalue weighted by Crippen LogP contribution is -2.38. The van der Waals surface area contributed by atoms with Crippen molar-refractivity contribution in [1.82, 2.24) is 10.3 Å². The van der Waals surface area contributed by atoms with E-state index >= 15 is 0 Å². The molecule has 0 aromatic carbocycles. The van der Waals surface area contributed by atoms with E-state index in [2.05, 4.69) is 26.2 Å². The molecule has 1 aromatic rings. The first kappa shape index (κ1) is 15.2. The number of hydrogen-bond donors (Lipinski definition) is 1. The molecule has 0 aliphatic carbocycles. The Hall–Kier alpha value is -1.21. The summed E-state index contributed by atoms with van der Waals surface area (Å²) < 4.78 is 0.628. The van der Waals surface area contributed by atoms with Crippen molar-refractivity contribution in [3.05, 3.63) is 26.9 Å². The Bertz CT molecular complexity index is 477. The molecule has 1 aromatic heterocycles. The fourth-order valence-corrected chi connectivity index (χ4v) is 2.88. The SMILES string of the molecule is CCN(CC1CCCNC1)c1ncc(Br)cc1[N+](=O)[O-]. The van der Waals surface area contributed by atoms with E-state index in [0.717, 1.165) is 32.5 Å². The summed E-state index contributed by atoms with van der Waals surface area (Å²) in [6, 6.07) is 1.52. The van der Waals surface area contributed by atoms with Gasteiger partial charge in [0.05, 0.1) is 4.92 Å². The second-order valence-corrected chi connectivity index (χ2v) is 5.92. The van der Waals surface area contributed by atoms with E-state index in [0.29, 0.717) is 22.8 Å². The van der Waals surface area contributed by atoms with E-state index in [1.807, 2.05) is 11.8 Å². The maximum absolute atomic E-state index is 11.2. The van der Waals surface area contributed by atoms with E-state index < -0.39 is 0 Å². The molecule has 0 saturated carbocycles. The van der Waals surface area contributed by atoms with Crippen LogP contribution in [0, 0.1) is 16.0 Å². The Morgan fingerprint density at radius 2 is 2.45 bits per heavy atom. The zero-order valence-electron chi connectivity index (χ0n) is 11.5. The van der Waals surface area contributed by atoms with Crippen LogP contribution in [-0.4, -0.2) is 36.1 Å². The lowest BCUT2D eigenvalue weighted by Gasteiger charge is -2.29. The van der Waals surface area contributed by atoms with Crippen molar-refractivity contribution in [2.24, 2.45) is 5.92 Å². The second-order valence-electron chi connectivity index (χ2n) is 5.00. The average molecular weight is 343 g/mol. The zero-order valence-corrected chi connectivity index (χ0v) is 13.1. The van der Waals surface area contributed by atoms with E-state index in [-0.39, 0.29) is 10.6 Å². The number of anilines is 1. The molecule has 110 valence electrons. The molecule has 0 spiro atoms. The molecule has 1 saturated heterocycles. The van der Waals surface area contributed by atoms with Crippen LogP contribution < -0.4 is 10.2 Å². The molecule has 7 heteroatoms. The molecule has 1 atom stereocenters. The topological polar surface area (TPSA) is 71.3 Å². The molecule has 0 amide bonds. The molecule has 6 nitrogen and oxygen atoms in total. The predicted octanol–water partition coefficient (Wildman–Crippen LogP) is 2.58. The molecule has 2 heterocycles. The molecule has 20 heavy (non-hydrogen) atoms. The Morgan fingerprint density at radius 1 is 1.65 bits per heavy atom. The van der Waals surface area contributed by atoms with Crippen molar-refractivity contribution < 1.29 is 4.92 Å². The summed E-state index contributed by atoms with van der Waals surface area (Å²) in [7, 11) is 0. The lowest BCUT2D eigenvalue weighted by atomic mass is 9.99. The monoisotopic (exact) mass is 342 g/mol. The minimum absolute atomic E-state index is 0.0602. The van der Waals surface area contributed by atoms with Gasteiger partial charge in [0.25, 0.3) is 0 Å². The third-order valence-electron chi connectivity index (χ3n) is 3.57. The fraction of sp³-hybridized carbons (Fsp3) is 0.615. The van der Waals surface area contributed by atoms with Gasteiger partial charge < -0.3 is 10.2 Å². The van der Waals surface area contributed by atoms with Crippen LogP contribution in [0.25, 0.3) is 0 Å². The third kappa shape index (κ3) is 3.67. The first-order valence-corrected chi connectivity index (χ1v) is 7.66. The molecule has 1 unspecified atom stereocenters. The van der Waals surface area contributed by atoms with Crippen molar-refractivity contribution >= 4 is 27.4 Å². The van der Waals surface area contributed by atoms with E-state index in [1.54, 1.807) is 6.20 Å². The van der Waals surface area contributed by atoms with Crippen LogP contribution >= 0.6 is 15.9 Å². The molecular formula is C13H19BrN4O2. The van der Waals surface area contributed by atoms with Gasteiger partial charge in [0.1, 0.15) is 0 Å². The van der Waals surface area contributed by atoms with Gasteiger partial charge in [-0.2, -0.15) is 0 Å². The van der Waals surface area contributed by atoms with Crippen LogP contribution in [-0.2, 0) is 0 Å². The number of nitrogens with zero attached hydrogens (tertiary/aromatic N) is 3. The summed E-state index contributed by atoms with van der Waals surface area (Å²) in [5, 5.41) is 14.6. The van der Waals surface area contributed by atoms with Crippen LogP contribution in [0.3, 0.4) is 0 Å². The Balaban J connectivity index is 2.19. The van der Waals surface area contributed by atoms with Gasteiger partial charge in [-0.1, -0.05) is 0 Å². The van der Waals surface area contributed by atoms with Gasteiger partial charge >= 0.3 is 5.69 Å². The van der Waals surface area contributed by atoms with Gasteiger partial charge in [-0.3, -0.25) is 10.1 Å².